The first kappa shape index (κ1) is 14.0. The van der Waals surface area contributed by atoms with Crippen molar-refractivity contribution in [1.82, 2.24) is 5.32 Å². The first-order valence-corrected chi connectivity index (χ1v) is 6.46. The summed E-state index contributed by atoms with van der Waals surface area (Å²) in [5.41, 5.74) is 6.85. The number of amides is 2. The molecule has 0 spiro atoms. The van der Waals surface area contributed by atoms with Crippen molar-refractivity contribution >= 4 is 17.5 Å². The quantitative estimate of drug-likeness (QED) is 0.785. The number of oxime groups is 1. The van der Waals surface area contributed by atoms with Crippen molar-refractivity contribution in [2.45, 2.75) is 25.4 Å². The fourth-order valence-corrected chi connectivity index (χ4v) is 1.88. The number of benzene rings is 1. The summed E-state index contributed by atoms with van der Waals surface area (Å²) in [6.45, 7) is 0.289. The minimum absolute atomic E-state index is 0.0564. The predicted molar refractivity (Wildman–Crippen MR) is 73.9 cm³/mol. The molecule has 0 saturated heterocycles. The van der Waals surface area contributed by atoms with E-state index in [1.54, 1.807) is 0 Å². The summed E-state index contributed by atoms with van der Waals surface area (Å²) in [4.78, 5) is 27.4. The van der Waals surface area contributed by atoms with Gasteiger partial charge in [-0.25, -0.2) is 0 Å². The average Bonchev–Trinajstić information content (AvgIpc) is 2.93. The topological polar surface area (TPSA) is 93.8 Å². The van der Waals surface area contributed by atoms with Gasteiger partial charge in [0, 0.05) is 12.8 Å². The maximum absolute atomic E-state index is 11.7. The second kappa shape index (κ2) is 6.70. The van der Waals surface area contributed by atoms with Gasteiger partial charge in [0.15, 0.2) is 0 Å². The average molecular weight is 275 g/mol. The molecule has 1 atom stereocenters. The summed E-state index contributed by atoms with van der Waals surface area (Å²) in [6.07, 6.45) is 0.747. The summed E-state index contributed by atoms with van der Waals surface area (Å²) >= 11 is 0. The third kappa shape index (κ3) is 4.08. The van der Waals surface area contributed by atoms with Crippen molar-refractivity contribution < 1.29 is 14.4 Å². The highest BCUT2D eigenvalue weighted by molar-refractivity contribution is 5.95. The van der Waals surface area contributed by atoms with Gasteiger partial charge in [0.05, 0.1) is 12.3 Å². The van der Waals surface area contributed by atoms with Gasteiger partial charge >= 0.3 is 0 Å². The van der Waals surface area contributed by atoms with E-state index in [1.807, 2.05) is 30.3 Å². The van der Waals surface area contributed by atoms with E-state index in [0.717, 1.165) is 5.56 Å². The molecule has 0 aromatic heterocycles. The predicted octanol–water partition coefficient (Wildman–Crippen LogP) is 0.366. The number of carbonyl (C=O) groups is 2. The number of hydrogen-bond acceptors (Lipinski definition) is 4. The molecule has 6 nitrogen and oxygen atoms in total. The number of nitrogens with zero attached hydrogens (tertiary/aromatic N) is 1. The lowest BCUT2D eigenvalue weighted by atomic mass is 10.1. The van der Waals surface area contributed by atoms with E-state index < -0.39 is 12.0 Å². The molecule has 0 fully saturated rings. The maximum Gasteiger partial charge on any atom is 0.261 e. The van der Waals surface area contributed by atoms with Crippen LogP contribution in [0.25, 0.3) is 0 Å². The lowest BCUT2D eigenvalue weighted by Crippen LogP contribution is -2.32. The number of hydrogen-bond donors (Lipinski definition) is 2. The van der Waals surface area contributed by atoms with Crippen molar-refractivity contribution in [3.63, 3.8) is 0 Å². The van der Waals surface area contributed by atoms with Gasteiger partial charge in [-0.1, -0.05) is 35.5 Å². The molecule has 0 aliphatic carbocycles. The molecular formula is C14H17N3O3. The molecule has 1 aromatic carbocycles. The van der Waals surface area contributed by atoms with E-state index in [2.05, 4.69) is 10.5 Å². The highest BCUT2D eigenvalue weighted by Crippen LogP contribution is 2.09. The molecule has 1 heterocycles. The van der Waals surface area contributed by atoms with Crippen LogP contribution in [0.1, 0.15) is 18.4 Å². The maximum atomic E-state index is 11.7. The molecule has 2 amide bonds. The Morgan fingerprint density at radius 2 is 2.10 bits per heavy atom. The SMILES string of the molecule is NC(=O)C1CC(CNC(=O)CCc2ccccc2)=NO1. The fourth-order valence-electron chi connectivity index (χ4n) is 1.88. The summed E-state index contributed by atoms with van der Waals surface area (Å²) in [6, 6.07) is 9.81. The number of nitrogens with two attached hydrogens (primary N) is 1. The molecule has 20 heavy (non-hydrogen) atoms. The standard InChI is InChI=1S/C14H17N3O3/c15-14(19)12-8-11(17-20-12)9-16-13(18)7-6-10-4-2-1-3-5-10/h1-5,12H,6-9H2,(H2,15,19)(H,16,18). The van der Waals surface area contributed by atoms with Crippen molar-refractivity contribution in [1.29, 1.82) is 0 Å². The third-order valence-corrected chi connectivity index (χ3v) is 3.02. The van der Waals surface area contributed by atoms with Gasteiger partial charge < -0.3 is 15.9 Å². The molecule has 106 valence electrons. The fraction of sp³-hybridized carbons (Fsp3) is 0.357. The molecule has 0 bridgehead atoms. The van der Waals surface area contributed by atoms with E-state index in [0.29, 0.717) is 25.0 Å². The molecule has 0 radical (unpaired) electrons. The van der Waals surface area contributed by atoms with Crippen LogP contribution in [0, 0.1) is 0 Å². The van der Waals surface area contributed by atoms with Crippen LogP contribution < -0.4 is 11.1 Å². The van der Waals surface area contributed by atoms with Crippen LogP contribution in [0.5, 0.6) is 0 Å². The number of aryl methyl sites for hydroxylation is 1. The van der Waals surface area contributed by atoms with Crippen molar-refractivity contribution in [2.24, 2.45) is 10.9 Å². The van der Waals surface area contributed by atoms with E-state index >= 15 is 0 Å². The van der Waals surface area contributed by atoms with Crippen LogP contribution in [0.15, 0.2) is 35.5 Å². The molecular weight excluding hydrogens is 258 g/mol. The van der Waals surface area contributed by atoms with Crippen LogP contribution in [0.4, 0.5) is 0 Å². The minimum Gasteiger partial charge on any atom is -0.382 e. The number of carbonyl (C=O) groups excluding carboxylic acids is 2. The van der Waals surface area contributed by atoms with Gasteiger partial charge in [-0.3, -0.25) is 9.59 Å². The molecule has 1 aromatic rings. The van der Waals surface area contributed by atoms with Crippen LogP contribution in [0.3, 0.4) is 0 Å². The Bertz CT molecular complexity index is 514. The van der Waals surface area contributed by atoms with E-state index in [1.165, 1.54) is 0 Å². The van der Waals surface area contributed by atoms with E-state index in [-0.39, 0.29) is 12.5 Å². The van der Waals surface area contributed by atoms with Gasteiger partial charge in [0.2, 0.25) is 12.0 Å². The van der Waals surface area contributed by atoms with E-state index in [4.69, 9.17) is 10.6 Å². The number of primary amides is 1. The lowest BCUT2D eigenvalue weighted by molar-refractivity contribution is -0.127. The van der Waals surface area contributed by atoms with Gasteiger partial charge in [0.25, 0.3) is 5.91 Å². The highest BCUT2D eigenvalue weighted by Gasteiger charge is 2.25. The first-order chi connectivity index (χ1) is 9.65. The van der Waals surface area contributed by atoms with E-state index in [9.17, 15) is 9.59 Å². The number of nitrogens with one attached hydrogen (secondary N) is 1. The Morgan fingerprint density at radius 3 is 2.75 bits per heavy atom. The minimum atomic E-state index is -0.703. The zero-order valence-corrected chi connectivity index (χ0v) is 11.0. The zero-order chi connectivity index (χ0) is 14.4. The molecule has 1 aliphatic rings. The zero-order valence-electron chi connectivity index (χ0n) is 11.0. The number of rotatable bonds is 6. The lowest BCUT2D eigenvalue weighted by Gasteiger charge is -2.04. The summed E-state index contributed by atoms with van der Waals surface area (Å²) in [5.74, 6) is -0.599. The normalized spacial score (nSPS) is 17.2. The Hall–Kier alpha value is -2.37. The Balaban J connectivity index is 1.67. The Morgan fingerprint density at radius 1 is 1.35 bits per heavy atom. The first-order valence-electron chi connectivity index (χ1n) is 6.46. The van der Waals surface area contributed by atoms with Crippen LogP contribution in [-0.2, 0) is 20.8 Å². The van der Waals surface area contributed by atoms with Gasteiger partial charge in [-0.15, -0.1) is 0 Å². The van der Waals surface area contributed by atoms with Gasteiger partial charge in [0.1, 0.15) is 0 Å². The smallest absolute Gasteiger partial charge is 0.261 e. The highest BCUT2D eigenvalue weighted by atomic mass is 16.6. The largest absolute Gasteiger partial charge is 0.382 e. The van der Waals surface area contributed by atoms with Crippen LogP contribution >= 0.6 is 0 Å². The van der Waals surface area contributed by atoms with Crippen LogP contribution in [0.2, 0.25) is 0 Å². The molecule has 1 aliphatic heterocycles. The van der Waals surface area contributed by atoms with Crippen molar-refractivity contribution in [3.8, 4) is 0 Å². The van der Waals surface area contributed by atoms with Gasteiger partial charge in [-0.2, -0.15) is 0 Å². The van der Waals surface area contributed by atoms with Crippen LogP contribution in [-0.4, -0.2) is 30.2 Å². The summed E-state index contributed by atoms with van der Waals surface area (Å²) in [7, 11) is 0. The third-order valence-electron chi connectivity index (χ3n) is 3.02. The summed E-state index contributed by atoms with van der Waals surface area (Å²) in [5, 5.41) is 6.48. The molecule has 6 heteroatoms. The Kier molecular flexibility index (Phi) is 4.70. The second-order valence-electron chi connectivity index (χ2n) is 4.62. The second-order valence-corrected chi connectivity index (χ2v) is 4.62. The monoisotopic (exact) mass is 275 g/mol. The molecule has 1 unspecified atom stereocenters. The molecule has 0 saturated carbocycles. The van der Waals surface area contributed by atoms with Gasteiger partial charge in [-0.05, 0) is 12.0 Å². The van der Waals surface area contributed by atoms with Crippen molar-refractivity contribution in [2.75, 3.05) is 6.54 Å². The Labute approximate surface area is 117 Å². The molecule has 2 rings (SSSR count). The molecule has 3 N–H and O–H groups in total. The van der Waals surface area contributed by atoms with Crippen molar-refractivity contribution in [3.05, 3.63) is 35.9 Å². The summed E-state index contributed by atoms with van der Waals surface area (Å²) < 4.78 is 0.